The zero-order chi connectivity index (χ0) is 13.4. The number of alkyl halides is 1. The SMILES string of the molecule is CC(Cl)c1nc2cc(Cl)ccc2n1CCCC1CC1. The van der Waals surface area contributed by atoms with Gasteiger partial charge in [-0.15, -0.1) is 11.6 Å². The Morgan fingerprint density at radius 1 is 1.42 bits per heavy atom. The molecule has 1 unspecified atom stereocenters. The van der Waals surface area contributed by atoms with Crippen LogP contribution in [0.5, 0.6) is 0 Å². The molecule has 102 valence electrons. The van der Waals surface area contributed by atoms with Crippen LogP contribution in [0.15, 0.2) is 18.2 Å². The Hall–Kier alpha value is -0.730. The summed E-state index contributed by atoms with van der Waals surface area (Å²) in [5.74, 6) is 1.93. The lowest BCUT2D eigenvalue weighted by molar-refractivity contribution is 0.569. The predicted octanol–water partition coefficient (Wildman–Crippen LogP) is 5.18. The highest BCUT2D eigenvalue weighted by atomic mass is 35.5. The number of aryl methyl sites for hydroxylation is 1. The van der Waals surface area contributed by atoms with Crippen molar-refractivity contribution in [1.29, 1.82) is 0 Å². The van der Waals surface area contributed by atoms with Crippen molar-refractivity contribution in [3.8, 4) is 0 Å². The van der Waals surface area contributed by atoms with Gasteiger partial charge in [-0.2, -0.15) is 0 Å². The highest BCUT2D eigenvalue weighted by Gasteiger charge is 2.21. The van der Waals surface area contributed by atoms with E-state index in [4.69, 9.17) is 23.2 Å². The van der Waals surface area contributed by atoms with Crippen LogP contribution in [0.3, 0.4) is 0 Å². The largest absolute Gasteiger partial charge is 0.327 e. The van der Waals surface area contributed by atoms with Crippen molar-refractivity contribution in [2.45, 2.75) is 44.5 Å². The first-order chi connectivity index (χ1) is 9.15. The minimum atomic E-state index is -0.0768. The van der Waals surface area contributed by atoms with Crippen molar-refractivity contribution in [2.24, 2.45) is 5.92 Å². The van der Waals surface area contributed by atoms with Crippen LogP contribution in [0.2, 0.25) is 5.02 Å². The van der Waals surface area contributed by atoms with E-state index in [9.17, 15) is 0 Å². The van der Waals surface area contributed by atoms with Gasteiger partial charge in [0.2, 0.25) is 0 Å². The van der Waals surface area contributed by atoms with Crippen molar-refractivity contribution < 1.29 is 0 Å². The Kier molecular flexibility index (Phi) is 3.72. The molecule has 3 rings (SSSR count). The highest BCUT2D eigenvalue weighted by molar-refractivity contribution is 6.31. The Labute approximate surface area is 123 Å². The number of fused-ring (bicyclic) bond motifs is 1. The molecular weight excluding hydrogens is 279 g/mol. The zero-order valence-electron chi connectivity index (χ0n) is 11.1. The van der Waals surface area contributed by atoms with Gasteiger partial charge in [-0.1, -0.05) is 24.4 Å². The topological polar surface area (TPSA) is 17.8 Å². The number of rotatable bonds is 5. The van der Waals surface area contributed by atoms with Crippen molar-refractivity contribution in [2.75, 3.05) is 0 Å². The van der Waals surface area contributed by atoms with E-state index in [1.165, 1.54) is 25.7 Å². The van der Waals surface area contributed by atoms with E-state index < -0.39 is 0 Å². The van der Waals surface area contributed by atoms with E-state index in [0.717, 1.165) is 34.3 Å². The molecule has 1 atom stereocenters. The first-order valence-corrected chi connectivity index (χ1v) is 7.76. The summed E-state index contributed by atoms with van der Waals surface area (Å²) in [6.45, 7) is 2.97. The number of hydrogen-bond donors (Lipinski definition) is 0. The van der Waals surface area contributed by atoms with Crippen molar-refractivity contribution >= 4 is 34.2 Å². The van der Waals surface area contributed by atoms with Crippen LogP contribution in [-0.2, 0) is 6.54 Å². The fraction of sp³-hybridized carbons (Fsp3) is 0.533. The first-order valence-electron chi connectivity index (χ1n) is 6.95. The van der Waals surface area contributed by atoms with Crippen molar-refractivity contribution in [3.05, 3.63) is 29.0 Å². The third-order valence-electron chi connectivity index (χ3n) is 3.79. The molecule has 2 aromatic rings. The van der Waals surface area contributed by atoms with Gasteiger partial charge in [-0.05, 0) is 43.9 Å². The molecule has 0 N–H and O–H groups in total. The molecule has 1 fully saturated rings. The quantitative estimate of drug-likeness (QED) is 0.695. The van der Waals surface area contributed by atoms with E-state index in [0.29, 0.717) is 0 Å². The molecule has 0 radical (unpaired) electrons. The van der Waals surface area contributed by atoms with Crippen LogP contribution in [0.4, 0.5) is 0 Å². The van der Waals surface area contributed by atoms with Crippen LogP contribution in [0.1, 0.15) is 43.8 Å². The average molecular weight is 297 g/mol. The summed E-state index contributed by atoms with van der Waals surface area (Å²) in [5.41, 5.74) is 2.09. The normalized spacial score (nSPS) is 17.0. The molecular formula is C15H18Cl2N2. The molecule has 0 bridgehead atoms. The van der Waals surface area contributed by atoms with Crippen LogP contribution in [-0.4, -0.2) is 9.55 Å². The van der Waals surface area contributed by atoms with Crippen LogP contribution in [0, 0.1) is 5.92 Å². The molecule has 1 aromatic heterocycles. The standard InChI is InChI=1S/C15H18Cl2N2/c1-10(16)15-18-13-9-12(17)6-7-14(13)19(15)8-2-3-11-4-5-11/h6-7,9-11H,2-5,8H2,1H3. The molecule has 0 aliphatic heterocycles. The molecule has 1 aliphatic carbocycles. The number of imidazole rings is 1. The monoisotopic (exact) mass is 296 g/mol. The maximum Gasteiger partial charge on any atom is 0.127 e. The van der Waals surface area contributed by atoms with E-state index in [-0.39, 0.29) is 5.38 Å². The molecule has 0 saturated heterocycles. The van der Waals surface area contributed by atoms with Gasteiger partial charge >= 0.3 is 0 Å². The minimum absolute atomic E-state index is 0.0768. The molecule has 2 nitrogen and oxygen atoms in total. The molecule has 0 amide bonds. The molecule has 4 heteroatoms. The molecule has 1 aliphatic rings. The van der Waals surface area contributed by atoms with Crippen LogP contribution in [0.25, 0.3) is 11.0 Å². The Morgan fingerprint density at radius 2 is 2.21 bits per heavy atom. The third-order valence-corrected chi connectivity index (χ3v) is 4.22. The van der Waals surface area contributed by atoms with E-state index in [1.54, 1.807) is 0 Å². The fourth-order valence-corrected chi connectivity index (χ4v) is 2.94. The second-order valence-electron chi connectivity index (χ2n) is 5.46. The number of hydrogen-bond acceptors (Lipinski definition) is 1. The average Bonchev–Trinajstić information content (AvgIpc) is 3.11. The zero-order valence-corrected chi connectivity index (χ0v) is 12.6. The molecule has 1 aromatic carbocycles. The first kappa shape index (κ1) is 13.3. The Balaban J connectivity index is 1.90. The predicted molar refractivity (Wildman–Crippen MR) is 81.0 cm³/mol. The summed E-state index contributed by atoms with van der Waals surface area (Å²) in [6.07, 6.45) is 5.36. The second-order valence-corrected chi connectivity index (χ2v) is 6.55. The molecule has 19 heavy (non-hydrogen) atoms. The van der Waals surface area contributed by atoms with Gasteiger partial charge in [0, 0.05) is 11.6 Å². The molecule has 1 heterocycles. The maximum atomic E-state index is 6.26. The van der Waals surface area contributed by atoms with Gasteiger partial charge < -0.3 is 4.57 Å². The van der Waals surface area contributed by atoms with Gasteiger partial charge in [0.05, 0.1) is 16.4 Å². The maximum absolute atomic E-state index is 6.26. The van der Waals surface area contributed by atoms with Gasteiger partial charge in [0.25, 0.3) is 0 Å². The summed E-state index contributed by atoms with van der Waals surface area (Å²) in [7, 11) is 0. The number of benzene rings is 1. The highest BCUT2D eigenvalue weighted by Crippen LogP contribution is 2.34. The van der Waals surface area contributed by atoms with Crippen molar-refractivity contribution in [3.63, 3.8) is 0 Å². The van der Waals surface area contributed by atoms with Crippen LogP contribution >= 0.6 is 23.2 Å². The van der Waals surface area contributed by atoms with E-state index in [2.05, 4.69) is 9.55 Å². The Bertz CT molecular complexity index is 585. The lowest BCUT2D eigenvalue weighted by atomic mass is 10.2. The summed E-state index contributed by atoms with van der Waals surface area (Å²) in [4.78, 5) is 4.63. The molecule has 0 spiro atoms. The van der Waals surface area contributed by atoms with E-state index >= 15 is 0 Å². The minimum Gasteiger partial charge on any atom is -0.327 e. The Morgan fingerprint density at radius 3 is 2.89 bits per heavy atom. The summed E-state index contributed by atoms with van der Waals surface area (Å²) < 4.78 is 2.26. The van der Waals surface area contributed by atoms with Gasteiger partial charge in [0.15, 0.2) is 0 Å². The number of aromatic nitrogens is 2. The smallest absolute Gasteiger partial charge is 0.127 e. The number of halogens is 2. The van der Waals surface area contributed by atoms with Gasteiger partial charge in [0.1, 0.15) is 5.82 Å². The fourth-order valence-electron chi connectivity index (χ4n) is 2.60. The van der Waals surface area contributed by atoms with E-state index in [1.807, 2.05) is 25.1 Å². The van der Waals surface area contributed by atoms with Crippen molar-refractivity contribution in [1.82, 2.24) is 9.55 Å². The van der Waals surface area contributed by atoms with Gasteiger partial charge in [-0.3, -0.25) is 0 Å². The van der Waals surface area contributed by atoms with Crippen LogP contribution < -0.4 is 0 Å². The summed E-state index contributed by atoms with van der Waals surface area (Å²) in [6, 6.07) is 5.88. The number of nitrogens with zero attached hydrogens (tertiary/aromatic N) is 2. The lowest BCUT2D eigenvalue weighted by Crippen LogP contribution is -2.05. The lowest BCUT2D eigenvalue weighted by Gasteiger charge is -2.10. The van der Waals surface area contributed by atoms with Gasteiger partial charge in [-0.25, -0.2) is 4.98 Å². The second kappa shape index (κ2) is 5.34. The summed E-state index contributed by atoms with van der Waals surface area (Å²) in [5, 5.41) is 0.649. The third kappa shape index (κ3) is 2.90. The summed E-state index contributed by atoms with van der Waals surface area (Å²) >= 11 is 12.3. The molecule has 1 saturated carbocycles.